The van der Waals surface area contributed by atoms with E-state index in [-0.39, 0.29) is 5.41 Å². The minimum Gasteiger partial charge on any atom is -0.475 e. The molecule has 4 fully saturated rings. The summed E-state index contributed by atoms with van der Waals surface area (Å²) >= 11 is 0. The van der Waals surface area contributed by atoms with Crippen LogP contribution in [0.1, 0.15) is 51.1 Å². The van der Waals surface area contributed by atoms with E-state index >= 15 is 0 Å². The molecule has 2 atom stereocenters. The molecule has 0 radical (unpaired) electrons. The molecule has 1 amide bonds. The van der Waals surface area contributed by atoms with Gasteiger partial charge in [-0.15, -0.1) is 0 Å². The van der Waals surface area contributed by atoms with Crippen molar-refractivity contribution in [2.45, 2.75) is 64.3 Å². The minimum absolute atomic E-state index is 0.0937. The number of carbonyl (C=O) groups excluding carboxylic acids is 1. The van der Waals surface area contributed by atoms with Gasteiger partial charge in [0.15, 0.2) is 0 Å². The summed E-state index contributed by atoms with van der Waals surface area (Å²) in [6.07, 6.45) is -1.02. The number of rotatable bonds is 4. The number of nitrogens with zero attached hydrogens (tertiary/aromatic N) is 4. The van der Waals surface area contributed by atoms with Crippen molar-refractivity contribution in [3.8, 4) is 0 Å². The molecule has 1 saturated carbocycles. The quantitative estimate of drug-likeness (QED) is 0.478. The number of likely N-dealkylation sites (tertiary alicyclic amines) is 3. The number of halogens is 6. The van der Waals surface area contributed by atoms with Crippen LogP contribution in [-0.4, -0.2) is 106 Å². The summed E-state index contributed by atoms with van der Waals surface area (Å²) in [4.78, 5) is 43.4. The number of hydrogen-bond acceptors (Lipinski definition) is 6. The Hall–Kier alpha value is -2.94. The molecule has 2 N–H and O–H groups in total. The van der Waals surface area contributed by atoms with Crippen molar-refractivity contribution in [1.29, 1.82) is 0 Å². The molecule has 9 nitrogen and oxygen atoms in total. The molecule has 1 spiro atoms. The third-order valence-corrected chi connectivity index (χ3v) is 9.14. The van der Waals surface area contributed by atoms with Gasteiger partial charge in [-0.3, -0.25) is 14.7 Å². The number of carboxylic acids is 2. The summed E-state index contributed by atoms with van der Waals surface area (Å²) in [6, 6.07) is 6.21. The van der Waals surface area contributed by atoms with E-state index in [0.717, 1.165) is 58.8 Å². The van der Waals surface area contributed by atoms with Crippen molar-refractivity contribution in [3.05, 3.63) is 30.1 Å². The zero-order valence-corrected chi connectivity index (χ0v) is 24.0. The highest BCUT2D eigenvalue weighted by Crippen LogP contribution is 2.62. The molecule has 3 saturated heterocycles. The number of aliphatic carboxylic acids is 2. The Morgan fingerprint density at radius 2 is 1.44 bits per heavy atom. The van der Waals surface area contributed by atoms with Crippen molar-refractivity contribution < 1.29 is 50.9 Å². The number of alkyl halides is 6. The predicted molar refractivity (Wildman–Crippen MR) is 142 cm³/mol. The fraction of sp³-hybridized carbons (Fsp3) is 0.714. The van der Waals surface area contributed by atoms with Gasteiger partial charge in [-0.1, -0.05) is 13.0 Å². The fourth-order valence-electron chi connectivity index (χ4n) is 6.96. The van der Waals surface area contributed by atoms with Gasteiger partial charge in [-0.25, -0.2) is 9.59 Å². The highest BCUT2D eigenvalue weighted by molar-refractivity contribution is 5.84. The van der Waals surface area contributed by atoms with Crippen LogP contribution in [0.4, 0.5) is 26.3 Å². The van der Waals surface area contributed by atoms with E-state index in [0.29, 0.717) is 17.2 Å². The molecule has 1 aromatic rings. The highest BCUT2D eigenvalue weighted by Gasteiger charge is 2.64. The topological polar surface area (TPSA) is 114 Å². The second kappa shape index (κ2) is 13.8. The van der Waals surface area contributed by atoms with E-state index in [1.54, 1.807) is 0 Å². The van der Waals surface area contributed by atoms with Gasteiger partial charge < -0.3 is 20.0 Å². The Kier molecular flexibility index (Phi) is 11.1. The molecule has 1 aliphatic carbocycles. The Bertz CT molecular complexity index is 1080. The van der Waals surface area contributed by atoms with Gasteiger partial charge in [-0.05, 0) is 81.6 Å². The molecule has 1 aromatic heterocycles. The van der Waals surface area contributed by atoms with Crippen molar-refractivity contribution >= 4 is 17.8 Å². The summed E-state index contributed by atoms with van der Waals surface area (Å²) in [5, 5.41) is 14.2. The van der Waals surface area contributed by atoms with Crippen LogP contribution in [0.2, 0.25) is 0 Å². The van der Waals surface area contributed by atoms with Gasteiger partial charge in [0.1, 0.15) is 0 Å². The number of fused-ring (bicyclic) bond motifs is 2. The molecule has 15 heteroatoms. The first-order chi connectivity index (χ1) is 20.0. The molecule has 4 aliphatic rings. The maximum Gasteiger partial charge on any atom is 0.490 e. The molecule has 4 heterocycles. The molecular formula is C28H38F6N4O5. The zero-order valence-electron chi connectivity index (χ0n) is 24.0. The molecule has 3 aliphatic heterocycles. The van der Waals surface area contributed by atoms with Crippen LogP contribution < -0.4 is 0 Å². The van der Waals surface area contributed by atoms with Crippen molar-refractivity contribution in [2.75, 3.05) is 45.8 Å². The van der Waals surface area contributed by atoms with Crippen LogP contribution >= 0.6 is 0 Å². The molecule has 43 heavy (non-hydrogen) atoms. The monoisotopic (exact) mass is 624 g/mol. The SMILES string of the molecule is CCN1C[C@H]2C3(CCN(Cc4ccccn4)CC3)CC[C@@]2(C(=O)N2CCCC2)C1.O=C(O)C(F)(F)F.O=C(O)C(F)(F)F. The van der Waals surface area contributed by atoms with Gasteiger partial charge in [0, 0.05) is 38.9 Å². The number of carboxylic acid groups (broad SMARTS) is 2. The van der Waals surface area contributed by atoms with Crippen molar-refractivity contribution in [2.24, 2.45) is 16.7 Å². The van der Waals surface area contributed by atoms with Crippen LogP contribution in [-0.2, 0) is 20.9 Å². The number of aromatic nitrogens is 1. The average Bonchev–Trinajstić information content (AvgIpc) is 3.67. The van der Waals surface area contributed by atoms with Gasteiger partial charge in [0.2, 0.25) is 5.91 Å². The average molecular weight is 625 g/mol. The van der Waals surface area contributed by atoms with Crippen LogP contribution in [0.5, 0.6) is 0 Å². The fourth-order valence-corrected chi connectivity index (χ4v) is 6.96. The van der Waals surface area contributed by atoms with Gasteiger partial charge >= 0.3 is 24.3 Å². The van der Waals surface area contributed by atoms with Gasteiger partial charge in [0.05, 0.1) is 11.1 Å². The van der Waals surface area contributed by atoms with E-state index in [4.69, 9.17) is 19.8 Å². The first-order valence-electron chi connectivity index (χ1n) is 14.3. The van der Waals surface area contributed by atoms with Crippen LogP contribution in [0, 0.1) is 16.7 Å². The lowest BCUT2D eigenvalue weighted by Gasteiger charge is -2.45. The molecule has 0 aromatic carbocycles. The number of amides is 1. The standard InChI is InChI=1S/C24H36N4O.2C2HF3O2/c1-2-26-18-21-23(8-9-24(21,19-26)22(29)28-13-5-6-14-28)10-15-27(16-11-23)17-20-7-3-4-12-25-20;2*3-2(4,5)1(6)7/h3-4,7,12,21H,2,5-6,8-11,13-19H2,1H3;2*(H,6,7)/t21-,24+;;/m0../s1. The zero-order chi connectivity index (χ0) is 32.1. The Morgan fingerprint density at radius 3 is 1.91 bits per heavy atom. The number of pyridine rings is 1. The van der Waals surface area contributed by atoms with E-state index in [1.807, 2.05) is 12.3 Å². The number of hydrogen-bond donors (Lipinski definition) is 2. The lowest BCUT2D eigenvalue weighted by atomic mass is 9.65. The Balaban J connectivity index is 0.000000303. The third kappa shape index (κ3) is 8.37. The van der Waals surface area contributed by atoms with Crippen LogP contribution in [0.25, 0.3) is 0 Å². The van der Waals surface area contributed by atoms with E-state index in [9.17, 15) is 31.1 Å². The summed E-state index contributed by atoms with van der Waals surface area (Å²) in [5.74, 6) is -4.45. The molecule has 0 bridgehead atoms. The first-order valence-corrected chi connectivity index (χ1v) is 14.3. The summed E-state index contributed by atoms with van der Waals surface area (Å²) in [7, 11) is 0. The summed E-state index contributed by atoms with van der Waals surface area (Å²) in [6.45, 7) is 10.7. The third-order valence-electron chi connectivity index (χ3n) is 9.14. The minimum atomic E-state index is -5.08. The van der Waals surface area contributed by atoms with E-state index in [2.05, 4.69) is 38.7 Å². The molecule has 5 rings (SSSR count). The first kappa shape index (κ1) is 34.5. The smallest absolute Gasteiger partial charge is 0.475 e. The Morgan fingerprint density at radius 1 is 0.884 bits per heavy atom. The number of piperidine rings is 1. The second-order valence-corrected chi connectivity index (χ2v) is 11.6. The Labute approximate surface area is 245 Å². The van der Waals surface area contributed by atoms with Crippen molar-refractivity contribution in [3.63, 3.8) is 0 Å². The maximum atomic E-state index is 13.7. The molecular weight excluding hydrogens is 586 g/mol. The molecule has 242 valence electrons. The molecule has 0 unspecified atom stereocenters. The lowest BCUT2D eigenvalue weighted by molar-refractivity contribution is -0.193. The van der Waals surface area contributed by atoms with E-state index < -0.39 is 24.3 Å². The maximum absolute atomic E-state index is 13.7. The van der Waals surface area contributed by atoms with Gasteiger partial charge in [-0.2, -0.15) is 26.3 Å². The lowest BCUT2D eigenvalue weighted by Crippen LogP contribution is -2.49. The largest absolute Gasteiger partial charge is 0.490 e. The van der Waals surface area contributed by atoms with Crippen LogP contribution in [0.15, 0.2) is 24.4 Å². The number of carbonyl (C=O) groups is 3. The van der Waals surface area contributed by atoms with E-state index in [1.165, 1.54) is 37.8 Å². The highest BCUT2D eigenvalue weighted by atomic mass is 19.4. The normalized spacial score (nSPS) is 25.4. The predicted octanol–water partition coefficient (Wildman–Crippen LogP) is 4.28. The van der Waals surface area contributed by atoms with Crippen molar-refractivity contribution in [1.82, 2.24) is 19.7 Å². The summed E-state index contributed by atoms with van der Waals surface area (Å²) < 4.78 is 63.5. The van der Waals surface area contributed by atoms with Crippen LogP contribution in [0.3, 0.4) is 0 Å². The van der Waals surface area contributed by atoms with Gasteiger partial charge in [0.25, 0.3) is 0 Å². The summed E-state index contributed by atoms with van der Waals surface area (Å²) in [5.41, 5.74) is 1.45. The second-order valence-electron chi connectivity index (χ2n) is 11.6.